The smallest absolute Gasteiger partial charge is 0.0705 e. The molecular weight excluding hydrogens is 410 g/mol. The lowest BCUT2D eigenvalue weighted by atomic mass is 9.91. The van der Waals surface area contributed by atoms with E-state index < -0.39 is 0 Å². The zero-order valence-electron chi connectivity index (χ0n) is 20.2. The standard InChI is InChI=1S/C33H35N/c1(4-12-26-13-6-3-7-14-26)2-5-15-27-16-10-19-28(22-27)29-20-11-21-31(23-29)33-24-30-17-8-9-18-32(30)25-34-33/h3,6-7,10-11,13-14,16,19-25H,1-2,4-5,8-9,12,15,17-18H2. The van der Waals surface area contributed by atoms with Gasteiger partial charge in [0.1, 0.15) is 0 Å². The molecule has 0 saturated heterocycles. The molecule has 0 N–H and O–H groups in total. The number of aryl methyl sites for hydroxylation is 4. The van der Waals surface area contributed by atoms with Crippen molar-refractivity contribution in [2.45, 2.75) is 64.2 Å². The molecule has 0 atom stereocenters. The van der Waals surface area contributed by atoms with Crippen LogP contribution in [0.1, 0.15) is 60.8 Å². The first kappa shape index (κ1) is 22.6. The number of unbranched alkanes of at least 4 members (excludes halogenated alkanes) is 3. The van der Waals surface area contributed by atoms with Crippen molar-refractivity contribution in [1.82, 2.24) is 4.98 Å². The molecular formula is C33H35N. The molecule has 1 aliphatic rings. The number of rotatable bonds is 9. The fourth-order valence-corrected chi connectivity index (χ4v) is 5.19. The van der Waals surface area contributed by atoms with Crippen molar-refractivity contribution in [2.75, 3.05) is 0 Å². The Balaban J connectivity index is 1.19. The van der Waals surface area contributed by atoms with E-state index in [1.807, 2.05) is 0 Å². The number of hydrogen-bond donors (Lipinski definition) is 0. The summed E-state index contributed by atoms with van der Waals surface area (Å²) in [6.07, 6.45) is 14.6. The van der Waals surface area contributed by atoms with Gasteiger partial charge in [-0.3, -0.25) is 4.98 Å². The Bertz CT molecular complexity index is 1210. The molecule has 0 bridgehead atoms. The highest BCUT2D eigenvalue weighted by molar-refractivity contribution is 5.72. The molecule has 0 amide bonds. The highest BCUT2D eigenvalue weighted by atomic mass is 14.7. The largest absolute Gasteiger partial charge is 0.256 e. The molecule has 5 rings (SSSR count). The summed E-state index contributed by atoms with van der Waals surface area (Å²) in [7, 11) is 0. The minimum Gasteiger partial charge on any atom is -0.256 e. The molecule has 1 aliphatic carbocycles. The second-order valence-electron chi connectivity index (χ2n) is 9.73. The summed E-state index contributed by atoms with van der Waals surface area (Å²) in [6, 6.07) is 31.2. The molecule has 34 heavy (non-hydrogen) atoms. The van der Waals surface area contributed by atoms with Gasteiger partial charge in [0.05, 0.1) is 5.69 Å². The van der Waals surface area contributed by atoms with Crippen LogP contribution in [0.3, 0.4) is 0 Å². The monoisotopic (exact) mass is 445 g/mol. The normalized spacial score (nSPS) is 12.9. The highest BCUT2D eigenvalue weighted by Crippen LogP contribution is 2.29. The zero-order chi connectivity index (χ0) is 23.0. The van der Waals surface area contributed by atoms with Gasteiger partial charge in [0.15, 0.2) is 0 Å². The van der Waals surface area contributed by atoms with Gasteiger partial charge < -0.3 is 0 Å². The second kappa shape index (κ2) is 11.3. The molecule has 0 fully saturated rings. The number of nitrogens with zero attached hydrogens (tertiary/aromatic N) is 1. The van der Waals surface area contributed by atoms with Crippen molar-refractivity contribution in [3.05, 3.63) is 113 Å². The maximum atomic E-state index is 4.80. The first-order valence-electron chi connectivity index (χ1n) is 13.1. The molecule has 4 aromatic rings. The van der Waals surface area contributed by atoms with Gasteiger partial charge in [-0.05, 0) is 96.9 Å². The SMILES string of the molecule is c1ccc(CCCCCCc2cccc(-c3cccc(-c4cc5c(cn4)CCCC5)c3)c2)cc1. The van der Waals surface area contributed by atoms with E-state index in [0.717, 1.165) is 12.1 Å². The van der Waals surface area contributed by atoms with Crippen LogP contribution in [0.4, 0.5) is 0 Å². The molecule has 1 heteroatoms. The van der Waals surface area contributed by atoms with Crippen molar-refractivity contribution in [1.29, 1.82) is 0 Å². The van der Waals surface area contributed by atoms with Crippen LogP contribution < -0.4 is 0 Å². The van der Waals surface area contributed by atoms with E-state index in [0.29, 0.717) is 0 Å². The molecule has 1 aromatic heterocycles. The van der Waals surface area contributed by atoms with Crippen molar-refractivity contribution < 1.29 is 0 Å². The summed E-state index contributed by atoms with van der Waals surface area (Å²) in [5, 5.41) is 0. The lowest BCUT2D eigenvalue weighted by Gasteiger charge is -2.16. The maximum Gasteiger partial charge on any atom is 0.0705 e. The third-order valence-corrected chi connectivity index (χ3v) is 7.17. The van der Waals surface area contributed by atoms with Crippen LogP contribution in [0.5, 0.6) is 0 Å². The molecule has 0 spiro atoms. The van der Waals surface area contributed by atoms with E-state index in [9.17, 15) is 0 Å². The third kappa shape index (κ3) is 5.83. The average molecular weight is 446 g/mol. The zero-order valence-corrected chi connectivity index (χ0v) is 20.2. The first-order valence-corrected chi connectivity index (χ1v) is 13.1. The Kier molecular flexibility index (Phi) is 7.50. The van der Waals surface area contributed by atoms with Crippen LogP contribution in [-0.2, 0) is 25.7 Å². The van der Waals surface area contributed by atoms with Crippen molar-refractivity contribution >= 4 is 0 Å². The van der Waals surface area contributed by atoms with Gasteiger partial charge in [-0.2, -0.15) is 0 Å². The van der Waals surface area contributed by atoms with Gasteiger partial charge in [-0.15, -0.1) is 0 Å². The minimum atomic E-state index is 1.11. The van der Waals surface area contributed by atoms with Crippen molar-refractivity contribution in [3.63, 3.8) is 0 Å². The van der Waals surface area contributed by atoms with E-state index in [4.69, 9.17) is 4.98 Å². The summed E-state index contributed by atoms with van der Waals surface area (Å²) in [6.45, 7) is 0. The average Bonchev–Trinajstić information content (AvgIpc) is 2.91. The fraction of sp³-hybridized carbons (Fsp3) is 0.303. The molecule has 1 nitrogen and oxygen atoms in total. The molecule has 0 radical (unpaired) electrons. The molecule has 0 saturated carbocycles. The van der Waals surface area contributed by atoms with E-state index in [1.165, 1.54) is 96.7 Å². The number of hydrogen-bond acceptors (Lipinski definition) is 1. The van der Waals surface area contributed by atoms with Gasteiger partial charge >= 0.3 is 0 Å². The fourth-order valence-electron chi connectivity index (χ4n) is 5.19. The Hall–Kier alpha value is -3.19. The van der Waals surface area contributed by atoms with Crippen LogP contribution >= 0.6 is 0 Å². The van der Waals surface area contributed by atoms with Crippen LogP contribution in [0.25, 0.3) is 22.4 Å². The third-order valence-electron chi connectivity index (χ3n) is 7.17. The Morgan fingerprint density at radius 1 is 0.529 bits per heavy atom. The second-order valence-corrected chi connectivity index (χ2v) is 9.73. The maximum absolute atomic E-state index is 4.80. The number of pyridine rings is 1. The van der Waals surface area contributed by atoms with Crippen LogP contribution in [0.15, 0.2) is 91.1 Å². The van der Waals surface area contributed by atoms with Gasteiger partial charge in [-0.1, -0.05) is 85.6 Å². The highest BCUT2D eigenvalue weighted by Gasteiger charge is 2.12. The molecule has 172 valence electrons. The minimum absolute atomic E-state index is 1.11. The Morgan fingerprint density at radius 3 is 2.00 bits per heavy atom. The van der Waals surface area contributed by atoms with Crippen LogP contribution in [-0.4, -0.2) is 4.98 Å². The summed E-state index contributed by atoms with van der Waals surface area (Å²) >= 11 is 0. The van der Waals surface area contributed by atoms with Crippen LogP contribution in [0, 0.1) is 0 Å². The van der Waals surface area contributed by atoms with Gasteiger partial charge in [0.25, 0.3) is 0 Å². The molecule has 1 heterocycles. The number of benzene rings is 3. The predicted octanol–water partition coefficient (Wildman–Crippen LogP) is 8.64. The Labute approximate surface area is 204 Å². The topological polar surface area (TPSA) is 12.9 Å². The van der Waals surface area contributed by atoms with E-state index in [1.54, 1.807) is 0 Å². The quantitative estimate of drug-likeness (QED) is 0.235. The summed E-state index contributed by atoms with van der Waals surface area (Å²) in [5.41, 5.74) is 10.7. The predicted molar refractivity (Wildman–Crippen MR) is 144 cm³/mol. The first-order chi connectivity index (χ1) is 16.8. The van der Waals surface area contributed by atoms with E-state index in [2.05, 4.69) is 91.1 Å². The van der Waals surface area contributed by atoms with Crippen LogP contribution in [0.2, 0.25) is 0 Å². The summed E-state index contributed by atoms with van der Waals surface area (Å²) in [4.78, 5) is 4.80. The van der Waals surface area contributed by atoms with E-state index in [-0.39, 0.29) is 0 Å². The lowest BCUT2D eigenvalue weighted by Crippen LogP contribution is -2.03. The molecule has 0 aliphatic heterocycles. The van der Waals surface area contributed by atoms with E-state index >= 15 is 0 Å². The molecule has 0 unspecified atom stereocenters. The summed E-state index contributed by atoms with van der Waals surface area (Å²) < 4.78 is 0. The van der Waals surface area contributed by atoms with Gasteiger partial charge in [0.2, 0.25) is 0 Å². The Morgan fingerprint density at radius 2 is 1.18 bits per heavy atom. The number of aromatic nitrogens is 1. The summed E-state index contributed by atoms with van der Waals surface area (Å²) in [5.74, 6) is 0. The van der Waals surface area contributed by atoms with Crippen molar-refractivity contribution in [2.24, 2.45) is 0 Å². The molecule has 3 aromatic carbocycles. The lowest BCUT2D eigenvalue weighted by molar-refractivity contribution is 0.640. The van der Waals surface area contributed by atoms with Gasteiger partial charge in [0, 0.05) is 11.8 Å². The van der Waals surface area contributed by atoms with Crippen molar-refractivity contribution in [3.8, 4) is 22.4 Å². The van der Waals surface area contributed by atoms with Gasteiger partial charge in [-0.25, -0.2) is 0 Å². The number of fused-ring (bicyclic) bond motifs is 1.